The van der Waals surface area contributed by atoms with E-state index in [0.29, 0.717) is 0 Å². The van der Waals surface area contributed by atoms with E-state index in [1.807, 2.05) is 0 Å². The van der Waals surface area contributed by atoms with Crippen molar-refractivity contribution < 1.29 is 49.0 Å². The van der Waals surface area contributed by atoms with Crippen LogP contribution in [0.25, 0.3) is 0 Å². The first-order valence-electron chi connectivity index (χ1n) is 3.02. The van der Waals surface area contributed by atoms with Gasteiger partial charge in [-0.05, 0) is 0 Å². The number of esters is 1. The molecule has 1 rings (SSSR count). The topological polar surface area (TPSA) is 66.4 Å². The minimum Gasteiger partial charge on any atom is -0.546 e. The van der Waals surface area contributed by atoms with E-state index in [2.05, 4.69) is 4.74 Å². The van der Waals surface area contributed by atoms with Crippen LogP contribution in [0.4, 0.5) is 0 Å². The molecule has 1 aliphatic rings. The summed E-state index contributed by atoms with van der Waals surface area (Å²) in [5.74, 6) is -2.06. The average molecular weight is 166 g/mol. The molecule has 2 atom stereocenters. The number of hydrogen-bond donors (Lipinski definition) is 0. The van der Waals surface area contributed by atoms with Gasteiger partial charge in [-0.2, -0.15) is 0 Å². The normalized spacial score (nSPS) is 29.0. The largest absolute Gasteiger partial charge is 1.00 e. The summed E-state index contributed by atoms with van der Waals surface area (Å²) in [6.07, 6.45) is -0.788. The number of ether oxygens (including phenoxy) is 1. The summed E-state index contributed by atoms with van der Waals surface area (Å²) >= 11 is 0. The number of carbonyl (C=O) groups excluding carboxylic acids is 2. The summed E-state index contributed by atoms with van der Waals surface area (Å²) in [5.41, 5.74) is 0. The molecule has 5 heteroatoms. The van der Waals surface area contributed by atoms with Gasteiger partial charge in [-0.3, -0.25) is 4.79 Å². The van der Waals surface area contributed by atoms with Gasteiger partial charge in [0.1, 0.15) is 6.10 Å². The molecule has 1 saturated heterocycles. The fourth-order valence-electron chi connectivity index (χ4n) is 0.866. The molecule has 0 radical (unpaired) electrons. The predicted octanol–water partition coefficient (Wildman–Crippen LogP) is -4.31. The molecular weight excluding hydrogens is 159 g/mol. The van der Waals surface area contributed by atoms with Crippen LogP contribution in [0, 0.1) is 5.92 Å². The Morgan fingerprint density at radius 2 is 2.27 bits per heavy atom. The average Bonchev–Trinajstić information content (AvgIpc) is 2.13. The Balaban J connectivity index is 0.000001000. The Morgan fingerprint density at radius 3 is 2.45 bits per heavy atom. The van der Waals surface area contributed by atoms with Gasteiger partial charge in [0.05, 0.1) is 11.9 Å². The van der Waals surface area contributed by atoms with E-state index in [0.717, 1.165) is 0 Å². The third kappa shape index (κ3) is 2.47. The smallest absolute Gasteiger partial charge is 0.546 e. The maximum absolute atomic E-state index is 10.6. The minimum atomic E-state index is -1.31. The van der Waals surface area contributed by atoms with Crippen molar-refractivity contribution in [3.63, 3.8) is 0 Å². The van der Waals surface area contributed by atoms with E-state index in [4.69, 9.17) is 0 Å². The van der Waals surface area contributed by atoms with Gasteiger partial charge in [0.15, 0.2) is 0 Å². The van der Waals surface area contributed by atoms with Gasteiger partial charge in [-0.15, -0.1) is 0 Å². The second kappa shape index (κ2) is 4.09. The van der Waals surface area contributed by atoms with Crippen molar-refractivity contribution >= 4 is 11.9 Å². The van der Waals surface area contributed by atoms with E-state index < -0.39 is 18.0 Å². The van der Waals surface area contributed by atoms with Crippen LogP contribution < -0.4 is 34.7 Å². The quantitative estimate of drug-likeness (QED) is 0.292. The van der Waals surface area contributed by atoms with Gasteiger partial charge < -0.3 is 14.6 Å². The maximum Gasteiger partial charge on any atom is 1.00 e. The monoisotopic (exact) mass is 166 g/mol. The van der Waals surface area contributed by atoms with Crippen LogP contribution in [0.1, 0.15) is 13.3 Å². The second-order valence-corrected chi connectivity index (χ2v) is 2.38. The number of carbonyl (C=O) groups is 2. The Kier molecular flexibility index (Phi) is 4.07. The third-order valence-corrected chi connectivity index (χ3v) is 1.49. The molecule has 0 aliphatic carbocycles. The van der Waals surface area contributed by atoms with Crippen LogP contribution >= 0.6 is 0 Å². The number of cyclic esters (lactones) is 1. The van der Waals surface area contributed by atoms with Gasteiger partial charge in [-0.25, -0.2) is 0 Å². The molecule has 11 heavy (non-hydrogen) atoms. The number of rotatable bonds is 1. The van der Waals surface area contributed by atoms with E-state index in [1.54, 1.807) is 6.92 Å². The second-order valence-electron chi connectivity index (χ2n) is 2.38. The van der Waals surface area contributed by atoms with Crippen molar-refractivity contribution in [2.75, 3.05) is 0 Å². The Morgan fingerprint density at radius 1 is 1.73 bits per heavy atom. The van der Waals surface area contributed by atoms with Crippen LogP contribution in [0.15, 0.2) is 0 Å². The summed E-state index contributed by atoms with van der Waals surface area (Å²) < 4.78 is 4.43. The van der Waals surface area contributed by atoms with E-state index in [9.17, 15) is 14.7 Å². The number of carboxylic acid groups (broad SMARTS) is 1. The molecular formula is C6H7NaO4. The molecule has 0 aromatic carbocycles. The Labute approximate surface area is 86.2 Å². The molecule has 1 fully saturated rings. The summed E-state index contributed by atoms with van der Waals surface area (Å²) in [4.78, 5) is 20.7. The van der Waals surface area contributed by atoms with Gasteiger partial charge in [0.2, 0.25) is 0 Å². The first-order chi connectivity index (χ1) is 4.61. The van der Waals surface area contributed by atoms with Crippen LogP contribution in [0.2, 0.25) is 0 Å². The Bertz CT molecular complexity index is 179. The van der Waals surface area contributed by atoms with E-state index in [-0.39, 0.29) is 41.9 Å². The minimum absolute atomic E-state index is 0. The number of hydrogen-bond acceptors (Lipinski definition) is 4. The molecule has 0 amide bonds. The van der Waals surface area contributed by atoms with Crippen molar-refractivity contribution in [1.29, 1.82) is 0 Å². The summed E-state index contributed by atoms with van der Waals surface area (Å²) in [7, 11) is 0. The molecule has 4 nitrogen and oxygen atoms in total. The molecule has 56 valence electrons. The molecule has 2 unspecified atom stereocenters. The molecule has 1 heterocycles. The fraction of sp³-hybridized carbons (Fsp3) is 0.667. The molecule has 0 saturated carbocycles. The molecule has 1 aliphatic heterocycles. The fourth-order valence-corrected chi connectivity index (χ4v) is 0.866. The zero-order chi connectivity index (χ0) is 7.72. The number of carboxylic acids is 1. The molecule has 0 aromatic heterocycles. The molecule has 0 aromatic rings. The maximum atomic E-state index is 10.6. The third-order valence-electron chi connectivity index (χ3n) is 1.49. The van der Waals surface area contributed by atoms with Crippen LogP contribution in [0.3, 0.4) is 0 Å². The van der Waals surface area contributed by atoms with Gasteiger partial charge >= 0.3 is 35.5 Å². The predicted molar refractivity (Wildman–Crippen MR) is 28.7 cm³/mol. The first kappa shape index (κ1) is 10.9. The first-order valence-corrected chi connectivity index (χ1v) is 3.02. The zero-order valence-corrected chi connectivity index (χ0v) is 8.49. The molecule has 0 bridgehead atoms. The van der Waals surface area contributed by atoms with Gasteiger partial charge in [0.25, 0.3) is 0 Å². The van der Waals surface area contributed by atoms with Gasteiger partial charge in [0, 0.05) is 6.42 Å². The summed E-state index contributed by atoms with van der Waals surface area (Å²) in [5, 5.41) is 10.1. The Hall–Kier alpha value is -0.0600. The molecule has 0 N–H and O–H groups in total. The number of aliphatic carboxylic acids is 1. The van der Waals surface area contributed by atoms with Crippen LogP contribution in [0.5, 0.6) is 0 Å². The summed E-state index contributed by atoms with van der Waals surface area (Å²) in [6.45, 7) is 1.63. The van der Waals surface area contributed by atoms with Crippen LogP contribution in [-0.4, -0.2) is 18.0 Å². The summed E-state index contributed by atoms with van der Waals surface area (Å²) in [6, 6.07) is 0. The van der Waals surface area contributed by atoms with E-state index in [1.165, 1.54) is 0 Å². The SMILES string of the molecule is CC1CC(C(=O)[O-])OC1=O.[Na+]. The standard InChI is InChI=1S/C6H8O4.Na/c1-3-2-4(5(7)8)10-6(3)9;/h3-4H,2H2,1H3,(H,7,8);/q;+1/p-1. The zero-order valence-electron chi connectivity index (χ0n) is 6.49. The molecule has 0 spiro atoms. The van der Waals surface area contributed by atoms with E-state index >= 15 is 0 Å². The van der Waals surface area contributed by atoms with Crippen molar-refractivity contribution in [2.24, 2.45) is 5.92 Å². The van der Waals surface area contributed by atoms with Crippen molar-refractivity contribution in [3.05, 3.63) is 0 Å². The van der Waals surface area contributed by atoms with Crippen molar-refractivity contribution in [1.82, 2.24) is 0 Å². The van der Waals surface area contributed by atoms with Crippen molar-refractivity contribution in [2.45, 2.75) is 19.4 Å². The van der Waals surface area contributed by atoms with Gasteiger partial charge in [-0.1, -0.05) is 6.92 Å². The van der Waals surface area contributed by atoms with Crippen molar-refractivity contribution in [3.8, 4) is 0 Å². The van der Waals surface area contributed by atoms with Crippen LogP contribution in [-0.2, 0) is 14.3 Å².